The zero-order valence-electron chi connectivity index (χ0n) is 12.8. The third-order valence-electron chi connectivity index (χ3n) is 3.98. The van der Waals surface area contributed by atoms with Crippen molar-refractivity contribution in [1.82, 2.24) is 14.8 Å². The number of hydrogen-bond acceptors (Lipinski definition) is 3. The fourth-order valence-corrected chi connectivity index (χ4v) is 2.80. The molecule has 120 valence electrons. The van der Waals surface area contributed by atoms with Gasteiger partial charge in [0.15, 0.2) is 11.6 Å². The molecule has 1 amide bonds. The highest BCUT2D eigenvalue weighted by atomic mass is 35.5. The Morgan fingerprint density at radius 1 is 1.21 bits per heavy atom. The number of nitrogens with one attached hydrogen (secondary N) is 1. The molecule has 0 bridgehead atoms. The van der Waals surface area contributed by atoms with E-state index in [9.17, 15) is 4.79 Å². The Balaban J connectivity index is 1.52. The summed E-state index contributed by atoms with van der Waals surface area (Å²) in [6.45, 7) is 0. The maximum atomic E-state index is 12.4. The van der Waals surface area contributed by atoms with Crippen LogP contribution in [0.4, 0.5) is 5.82 Å². The average Bonchev–Trinajstić information content (AvgIpc) is 3.36. The van der Waals surface area contributed by atoms with Crippen LogP contribution in [0.3, 0.4) is 0 Å². The van der Waals surface area contributed by atoms with Crippen molar-refractivity contribution < 1.29 is 4.79 Å². The van der Waals surface area contributed by atoms with Gasteiger partial charge in [0.25, 0.3) is 5.91 Å². The maximum Gasteiger partial charge on any atom is 0.256 e. The minimum Gasteiger partial charge on any atom is -0.305 e. The van der Waals surface area contributed by atoms with Gasteiger partial charge in [0, 0.05) is 24.0 Å². The number of aromatic nitrogens is 3. The first-order valence-electron chi connectivity index (χ1n) is 7.78. The highest BCUT2D eigenvalue weighted by Gasteiger charge is 2.24. The van der Waals surface area contributed by atoms with Gasteiger partial charge in [-0.1, -0.05) is 23.7 Å². The van der Waals surface area contributed by atoms with Crippen molar-refractivity contribution in [2.75, 3.05) is 5.32 Å². The number of carbonyl (C=O) groups excluding carboxylic acids is 1. The molecule has 1 fully saturated rings. The molecule has 6 heteroatoms. The summed E-state index contributed by atoms with van der Waals surface area (Å²) in [5, 5.41) is 7.62. The second-order valence-corrected chi connectivity index (χ2v) is 6.22. The Labute approximate surface area is 144 Å². The SMILES string of the molecule is O=C(Nc1ccn(-c2ncccc2Cl)n1)c1cccc(C2CC2)c1. The molecule has 0 aliphatic heterocycles. The van der Waals surface area contributed by atoms with Crippen LogP contribution >= 0.6 is 11.6 Å². The normalized spacial score (nSPS) is 13.7. The van der Waals surface area contributed by atoms with Crippen molar-refractivity contribution in [3.8, 4) is 5.82 Å². The predicted octanol–water partition coefficient (Wildman–Crippen LogP) is 4.05. The van der Waals surface area contributed by atoms with E-state index in [1.807, 2.05) is 18.2 Å². The standard InChI is InChI=1S/C18H15ClN4O/c19-15-5-2-9-20-17(15)23-10-8-16(22-23)21-18(24)14-4-1-3-13(11-14)12-6-7-12/h1-5,8-12H,6-7H2,(H,21,22,24). The molecule has 24 heavy (non-hydrogen) atoms. The molecule has 1 aliphatic rings. The number of benzene rings is 1. The predicted molar refractivity (Wildman–Crippen MR) is 92.7 cm³/mol. The lowest BCUT2D eigenvalue weighted by molar-refractivity contribution is 0.102. The van der Waals surface area contributed by atoms with Crippen LogP contribution in [0.5, 0.6) is 0 Å². The van der Waals surface area contributed by atoms with Gasteiger partial charge in [0.2, 0.25) is 0 Å². The molecule has 4 rings (SSSR count). The van der Waals surface area contributed by atoms with E-state index in [0.29, 0.717) is 28.1 Å². The van der Waals surface area contributed by atoms with Gasteiger partial charge in [0.05, 0.1) is 5.02 Å². The molecule has 1 saturated carbocycles. The van der Waals surface area contributed by atoms with E-state index in [1.54, 1.807) is 35.3 Å². The van der Waals surface area contributed by atoms with Crippen molar-refractivity contribution in [2.45, 2.75) is 18.8 Å². The van der Waals surface area contributed by atoms with E-state index in [4.69, 9.17) is 11.6 Å². The lowest BCUT2D eigenvalue weighted by Gasteiger charge is -2.05. The number of halogens is 1. The molecule has 0 spiro atoms. The first kappa shape index (κ1) is 14.9. The Kier molecular flexibility index (Phi) is 3.78. The first-order chi connectivity index (χ1) is 11.7. The van der Waals surface area contributed by atoms with E-state index in [2.05, 4.69) is 21.5 Å². The van der Waals surface area contributed by atoms with Crippen LogP contribution in [0.15, 0.2) is 54.9 Å². The van der Waals surface area contributed by atoms with Gasteiger partial charge in [-0.3, -0.25) is 4.79 Å². The van der Waals surface area contributed by atoms with Crippen molar-refractivity contribution in [3.05, 3.63) is 71.0 Å². The van der Waals surface area contributed by atoms with E-state index >= 15 is 0 Å². The van der Waals surface area contributed by atoms with Crippen LogP contribution in [-0.4, -0.2) is 20.7 Å². The summed E-state index contributed by atoms with van der Waals surface area (Å²) in [6.07, 6.45) is 5.77. The average molecular weight is 339 g/mol. The third kappa shape index (κ3) is 3.03. The number of rotatable bonds is 4. The van der Waals surface area contributed by atoms with Crippen molar-refractivity contribution >= 4 is 23.3 Å². The maximum absolute atomic E-state index is 12.4. The molecular formula is C18H15ClN4O. The molecule has 3 aromatic rings. The zero-order valence-corrected chi connectivity index (χ0v) is 13.6. The zero-order chi connectivity index (χ0) is 16.5. The summed E-state index contributed by atoms with van der Waals surface area (Å²) in [6, 6.07) is 13.0. The molecular weight excluding hydrogens is 324 g/mol. The van der Waals surface area contributed by atoms with E-state index in [1.165, 1.54) is 18.4 Å². The fraction of sp³-hybridized carbons (Fsp3) is 0.167. The fourth-order valence-electron chi connectivity index (χ4n) is 2.59. The summed E-state index contributed by atoms with van der Waals surface area (Å²) in [5.74, 6) is 1.42. The van der Waals surface area contributed by atoms with Gasteiger partial charge >= 0.3 is 0 Å². The Hall–Kier alpha value is -2.66. The first-order valence-corrected chi connectivity index (χ1v) is 8.16. The molecule has 0 unspecified atom stereocenters. The van der Waals surface area contributed by atoms with Crippen LogP contribution in [0.1, 0.15) is 34.7 Å². The van der Waals surface area contributed by atoms with Gasteiger partial charge < -0.3 is 5.32 Å². The smallest absolute Gasteiger partial charge is 0.256 e. The summed E-state index contributed by atoms with van der Waals surface area (Å²) in [5.41, 5.74) is 1.87. The topological polar surface area (TPSA) is 59.8 Å². The van der Waals surface area contributed by atoms with Crippen LogP contribution < -0.4 is 5.32 Å². The highest BCUT2D eigenvalue weighted by Crippen LogP contribution is 2.40. The van der Waals surface area contributed by atoms with Crippen LogP contribution in [0, 0.1) is 0 Å². The largest absolute Gasteiger partial charge is 0.305 e. The van der Waals surface area contributed by atoms with E-state index < -0.39 is 0 Å². The van der Waals surface area contributed by atoms with Crippen molar-refractivity contribution in [2.24, 2.45) is 0 Å². The van der Waals surface area contributed by atoms with E-state index in [0.717, 1.165) is 0 Å². The summed E-state index contributed by atoms with van der Waals surface area (Å²) in [4.78, 5) is 16.6. The van der Waals surface area contributed by atoms with Crippen molar-refractivity contribution in [1.29, 1.82) is 0 Å². The minimum absolute atomic E-state index is 0.171. The molecule has 0 atom stereocenters. The lowest BCUT2D eigenvalue weighted by Crippen LogP contribution is -2.13. The molecule has 2 heterocycles. The number of pyridine rings is 1. The van der Waals surface area contributed by atoms with Gasteiger partial charge in [-0.2, -0.15) is 0 Å². The molecule has 0 saturated heterocycles. The Bertz CT molecular complexity index is 901. The second kappa shape index (κ2) is 6.09. The molecule has 1 aliphatic carbocycles. The molecule has 1 aromatic carbocycles. The minimum atomic E-state index is -0.171. The summed E-state index contributed by atoms with van der Waals surface area (Å²) >= 11 is 6.11. The number of nitrogens with zero attached hydrogens (tertiary/aromatic N) is 3. The van der Waals surface area contributed by atoms with Gasteiger partial charge in [0.1, 0.15) is 0 Å². The summed E-state index contributed by atoms with van der Waals surface area (Å²) < 4.78 is 1.54. The van der Waals surface area contributed by atoms with Gasteiger partial charge in [-0.05, 0) is 48.6 Å². The van der Waals surface area contributed by atoms with E-state index in [-0.39, 0.29) is 5.91 Å². The molecule has 1 N–H and O–H groups in total. The van der Waals surface area contributed by atoms with Crippen LogP contribution in [0.25, 0.3) is 5.82 Å². The van der Waals surface area contributed by atoms with Crippen molar-refractivity contribution in [3.63, 3.8) is 0 Å². The quantitative estimate of drug-likeness (QED) is 0.780. The third-order valence-corrected chi connectivity index (χ3v) is 4.28. The number of amides is 1. The lowest BCUT2D eigenvalue weighted by atomic mass is 10.1. The summed E-state index contributed by atoms with van der Waals surface area (Å²) in [7, 11) is 0. The van der Waals surface area contributed by atoms with Crippen LogP contribution in [0.2, 0.25) is 5.02 Å². The molecule has 2 aromatic heterocycles. The van der Waals surface area contributed by atoms with Crippen LogP contribution in [-0.2, 0) is 0 Å². The Morgan fingerprint density at radius 2 is 2.08 bits per heavy atom. The van der Waals surface area contributed by atoms with Gasteiger partial charge in [-0.15, -0.1) is 5.10 Å². The monoisotopic (exact) mass is 338 g/mol. The highest BCUT2D eigenvalue weighted by molar-refractivity contribution is 6.32. The number of carbonyl (C=O) groups is 1. The number of hydrogen-bond donors (Lipinski definition) is 1. The number of anilines is 1. The van der Waals surface area contributed by atoms with Gasteiger partial charge in [-0.25, -0.2) is 9.67 Å². The Morgan fingerprint density at radius 3 is 2.88 bits per heavy atom. The second-order valence-electron chi connectivity index (χ2n) is 5.81. The molecule has 5 nitrogen and oxygen atoms in total. The molecule has 0 radical (unpaired) electrons.